The molecule has 0 unspecified atom stereocenters. The third-order valence-electron chi connectivity index (χ3n) is 3.81. The number of benzene rings is 1. The molecular formula is C14H19N3O4. The highest BCUT2D eigenvalue weighted by atomic mass is 16.6. The minimum atomic E-state index is -0.522. The molecular weight excluding hydrogens is 274 g/mol. The minimum Gasteiger partial charge on any atom is -0.490 e. The van der Waals surface area contributed by atoms with Crippen LogP contribution in [-0.4, -0.2) is 49.0 Å². The van der Waals surface area contributed by atoms with E-state index in [1.54, 1.807) is 4.90 Å². The van der Waals surface area contributed by atoms with E-state index in [1.807, 2.05) is 7.05 Å². The highest BCUT2D eigenvalue weighted by molar-refractivity contribution is 5.95. The zero-order chi connectivity index (χ0) is 15.4. The summed E-state index contributed by atoms with van der Waals surface area (Å²) in [6.07, 6.45) is 1.82. The monoisotopic (exact) mass is 293 g/mol. The van der Waals surface area contributed by atoms with Crippen molar-refractivity contribution in [2.24, 2.45) is 0 Å². The van der Waals surface area contributed by atoms with Crippen molar-refractivity contribution in [1.82, 2.24) is 10.2 Å². The first kappa shape index (κ1) is 15.2. The molecule has 2 rings (SSSR count). The van der Waals surface area contributed by atoms with E-state index in [4.69, 9.17) is 4.74 Å². The first-order chi connectivity index (χ1) is 10.1. The summed E-state index contributed by atoms with van der Waals surface area (Å²) in [5.41, 5.74) is 0.281. The third-order valence-corrected chi connectivity index (χ3v) is 3.81. The maximum Gasteiger partial charge on any atom is 0.310 e. The molecule has 1 fully saturated rings. The van der Waals surface area contributed by atoms with Crippen LogP contribution in [0, 0.1) is 10.1 Å². The number of methoxy groups -OCH3 is 1. The zero-order valence-corrected chi connectivity index (χ0v) is 12.2. The molecule has 0 aliphatic carbocycles. The number of carbonyl (C=O) groups excluding carboxylic acids is 1. The Morgan fingerprint density at radius 2 is 2.10 bits per heavy atom. The van der Waals surface area contributed by atoms with Crippen LogP contribution in [0.4, 0.5) is 5.69 Å². The molecule has 1 heterocycles. The lowest BCUT2D eigenvalue weighted by Gasteiger charge is -2.31. The predicted octanol–water partition coefficient (Wildman–Crippen LogP) is 1.43. The number of carbonyl (C=O) groups is 1. The van der Waals surface area contributed by atoms with Crippen LogP contribution in [0.15, 0.2) is 18.2 Å². The third kappa shape index (κ3) is 3.30. The summed E-state index contributed by atoms with van der Waals surface area (Å²) < 4.78 is 5.00. The predicted molar refractivity (Wildman–Crippen MR) is 77.6 cm³/mol. The van der Waals surface area contributed by atoms with Gasteiger partial charge in [-0.15, -0.1) is 0 Å². The number of ether oxygens (including phenoxy) is 1. The molecule has 1 aromatic carbocycles. The van der Waals surface area contributed by atoms with Crippen LogP contribution in [0.5, 0.6) is 5.75 Å². The van der Waals surface area contributed by atoms with Gasteiger partial charge in [0.05, 0.1) is 12.0 Å². The summed E-state index contributed by atoms with van der Waals surface area (Å²) in [4.78, 5) is 24.5. The molecule has 1 amide bonds. The lowest BCUT2D eigenvalue weighted by Crippen LogP contribution is -2.43. The van der Waals surface area contributed by atoms with Gasteiger partial charge in [0.25, 0.3) is 5.91 Å². The molecule has 1 saturated heterocycles. The average Bonchev–Trinajstić information content (AvgIpc) is 2.53. The Hall–Kier alpha value is -2.15. The van der Waals surface area contributed by atoms with Crippen LogP contribution in [0.2, 0.25) is 0 Å². The molecule has 1 aliphatic heterocycles. The van der Waals surface area contributed by atoms with Crippen molar-refractivity contribution < 1.29 is 14.5 Å². The van der Waals surface area contributed by atoms with E-state index in [0.29, 0.717) is 24.7 Å². The van der Waals surface area contributed by atoms with E-state index in [0.717, 1.165) is 12.8 Å². The lowest BCUT2D eigenvalue weighted by molar-refractivity contribution is -0.385. The first-order valence-corrected chi connectivity index (χ1v) is 6.85. The maximum atomic E-state index is 12.4. The van der Waals surface area contributed by atoms with Crippen LogP contribution >= 0.6 is 0 Å². The number of rotatable bonds is 4. The van der Waals surface area contributed by atoms with Crippen molar-refractivity contribution in [3.05, 3.63) is 33.9 Å². The SMILES string of the molecule is CNC1CCN(C(=O)c2ccc([N+](=O)[O-])c(OC)c2)CC1. The van der Waals surface area contributed by atoms with Gasteiger partial charge in [0.15, 0.2) is 5.75 Å². The van der Waals surface area contributed by atoms with Gasteiger partial charge in [0, 0.05) is 36.8 Å². The summed E-state index contributed by atoms with van der Waals surface area (Å²) in [6, 6.07) is 4.67. The number of hydrogen-bond acceptors (Lipinski definition) is 5. The Morgan fingerprint density at radius 1 is 1.43 bits per heavy atom. The standard InChI is InChI=1S/C14H19N3O4/c1-15-11-5-7-16(8-6-11)14(18)10-3-4-12(17(19)20)13(9-10)21-2/h3-4,9,11,15H,5-8H2,1-2H3. The number of amides is 1. The fourth-order valence-corrected chi connectivity index (χ4v) is 2.52. The summed E-state index contributed by atoms with van der Waals surface area (Å²) in [5.74, 6) is -0.00582. The van der Waals surface area contributed by atoms with Crippen molar-refractivity contribution in [2.75, 3.05) is 27.2 Å². The Balaban J connectivity index is 2.15. The second kappa shape index (κ2) is 6.53. The number of hydrogen-bond donors (Lipinski definition) is 1. The van der Waals surface area contributed by atoms with Crippen LogP contribution in [0.25, 0.3) is 0 Å². The van der Waals surface area contributed by atoms with Gasteiger partial charge in [-0.05, 0) is 26.0 Å². The van der Waals surface area contributed by atoms with Gasteiger partial charge in [0.1, 0.15) is 0 Å². The van der Waals surface area contributed by atoms with Gasteiger partial charge in [-0.1, -0.05) is 0 Å². The van der Waals surface area contributed by atoms with Crippen molar-refractivity contribution in [2.45, 2.75) is 18.9 Å². The Bertz CT molecular complexity index is 539. The second-order valence-corrected chi connectivity index (χ2v) is 5.00. The summed E-state index contributed by atoms with van der Waals surface area (Å²) >= 11 is 0. The van der Waals surface area contributed by atoms with Crippen molar-refractivity contribution in [3.63, 3.8) is 0 Å². The molecule has 114 valence electrons. The van der Waals surface area contributed by atoms with Crippen molar-refractivity contribution in [1.29, 1.82) is 0 Å². The molecule has 7 nitrogen and oxygen atoms in total. The number of nitrogens with one attached hydrogen (secondary N) is 1. The van der Waals surface area contributed by atoms with Crippen LogP contribution in [-0.2, 0) is 0 Å². The topological polar surface area (TPSA) is 84.7 Å². The largest absolute Gasteiger partial charge is 0.490 e. The van der Waals surface area contributed by atoms with Crippen LogP contribution in [0.3, 0.4) is 0 Å². The van der Waals surface area contributed by atoms with Gasteiger partial charge in [-0.2, -0.15) is 0 Å². The summed E-state index contributed by atoms with van der Waals surface area (Å²) in [6.45, 7) is 1.37. The summed E-state index contributed by atoms with van der Waals surface area (Å²) in [7, 11) is 3.28. The van der Waals surface area contributed by atoms with Gasteiger partial charge in [-0.25, -0.2) is 0 Å². The maximum absolute atomic E-state index is 12.4. The molecule has 1 aromatic rings. The number of piperidine rings is 1. The molecule has 0 aromatic heterocycles. The number of nitro groups is 1. The Labute approximate surface area is 123 Å². The van der Waals surface area contributed by atoms with E-state index in [1.165, 1.54) is 25.3 Å². The van der Waals surface area contributed by atoms with Crippen molar-refractivity contribution in [3.8, 4) is 5.75 Å². The fraction of sp³-hybridized carbons (Fsp3) is 0.500. The quantitative estimate of drug-likeness (QED) is 0.670. The van der Waals surface area contributed by atoms with E-state index in [-0.39, 0.29) is 17.3 Å². The van der Waals surface area contributed by atoms with E-state index in [2.05, 4.69) is 5.32 Å². The molecule has 21 heavy (non-hydrogen) atoms. The zero-order valence-electron chi connectivity index (χ0n) is 12.2. The molecule has 0 atom stereocenters. The average molecular weight is 293 g/mol. The normalized spacial score (nSPS) is 15.8. The van der Waals surface area contributed by atoms with Gasteiger partial charge >= 0.3 is 5.69 Å². The number of likely N-dealkylation sites (tertiary alicyclic amines) is 1. The van der Waals surface area contributed by atoms with Gasteiger partial charge in [0.2, 0.25) is 0 Å². The smallest absolute Gasteiger partial charge is 0.310 e. The molecule has 0 bridgehead atoms. The van der Waals surface area contributed by atoms with Gasteiger partial charge < -0.3 is 15.0 Å². The van der Waals surface area contributed by atoms with Crippen molar-refractivity contribution >= 4 is 11.6 Å². The Morgan fingerprint density at radius 3 is 2.62 bits per heavy atom. The van der Waals surface area contributed by atoms with Crippen LogP contribution < -0.4 is 10.1 Å². The second-order valence-electron chi connectivity index (χ2n) is 5.00. The first-order valence-electron chi connectivity index (χ1n) is 6.85. The summed E-state index contributed by atoms with van der Waals surface area (Å²) in [5, 5.41) is 14.1. The number of nitro benzene ring substituents is 1. The van der Waals surface area contributed by atoms with E-state index >= 15 is 0 Å². The lowest BCUT2D eigenvalue weighted by atomic mass is 10.0. The fourth-order valence-electron chi connectivity index (χ4n) is 2.52. The highest BCUT2D eigenvalue weighted by Gasteiger charge is 2.24. The highest BCUT2D eigenvalue weighted by Crippen LogP contribution is 2.28. The van der Waals surface area contributed by atoms with Gasteiger partial charge in [-0.3, -0.25) is 14.9 Å². The Kier molecular flexibility index (Phi) is 4.74. The minimum absolute atomic E-state index is 0.107. The molecule has 1 N–H and O–H groups in total. The molecule has 7 heteroatoms. The van der Waals surface area contributed by atoms with Crippen LogP contribution in [0.1, 0.15) is 23.2 Å². The number of nitrogens with zero attached hydrogens (tertiary/aromatic N) is 2. The molecule has 0 saturated carbocycles. The molecule has 0 radical (unpaired) electrons. The molecule has 0 spiro atoms. The van der Waals surface area contributed by atoms with E-state index < -0.39 is 4.92 Å². The van der Waals surface area contributed by atoms with E-state index in [9.17, 15) is 14.9 Å². The molecule has 1 aliphatic rings.